The summed E-state index contributed by atoms with van der Waals surface area (Å²) in [4.78, 5) is 25.1. The van der Waals surface area contributed by atoms with E-state index < -0.39 is 0 Å². The molecule has 0 aliphatic rings. The number of para-hydroxylation sites is 2. The Kier molecular flexibility index (Phi) is 6.07. The third kappa shape index (κ3) is 4.57. The van der Waals surface area contributed by atoms with Crippen LogP contribution in [0.5, 0.6) is 5.75 Å². The molecule has 5 heteroatoms. The number of ether oxygens (including phenoxy) is 1. The topological polar surface area (TPSA) is 67.4 Å². The number of aryl methyl sites for hydroxylation is 1. The maximum atomic E-state index is 12.7. The maximum Gasteiger partial charge on any atom is 0.255 e. The minimum Gasteiger partial charge on any atom is -0.492 e. The minimum absolute atomic E-state index is 0.211. The standard InChI is InChI=1S/C23H22N2O3/c1-3-28-21-14-7-6-13-20(21)25-22(26)17-10-8-11-18(15-17)24-23(27)19-12-5-4-9-16(19)2/h4-15H,3H2,1-2H3,(H,24,27)(H,25,26). The highest BCUT2D eigenvalue weighted by Gasteiger charge is 2.12. The third-order valence-electron chi connectivity index (χ3n) is 4.21. The van der Waals surface area contributed by atoms with Gasteiger partial charge in [-0.15, -0.1) is 0 Å². The lowest BCUT2D eigenvalue weighted by Gasteiger charge is -2.12. The lowest BCUT2D eigenvalue weighted by molar-refractivity contribution is 0.101. The van der Waals surface area contributed by atoms with E-state index in [4.69, 9.17) is 4.74 Å². The van der Waals surface area contributed by atoms with Crippen molar-refractivity contribution in [3.05, 3.63) is 89.5 Å². The number of carbonyl (C=O) groups is 2. The van der Waals surface area contributed by atoms with Gasteiger partial charge in [-0.1, -0.05) is 36.4 Å². The fourth-order valence-electron chi connectivity index (χ4n) is 2.81. The summed E-state index contributed by atoms with van der Waals surface area (Å²) in [5.74, 6) is 0.124. The van der Waals surface area contributed by atoms with Gasteiger partial charge in [0.1, 0.15) is 5.75 Å². The smallest absolute Gasteiger partial charge is 0.255 e. The Hall–Kier alpha value is -3.60. The van der Waals surface area contributed by atoms with E-state index in [1.165, 1.54) is 0 Å². The monoisotopic (exact) mass is 374 g/mol. The SMILES string of the molecule is CCOc1ccccc1NC(=O)c1cccc(NC(=O)c2ccccc2C)c1. The van der Waals surface area contributed by atoms with Crippen LogP contribution in [0.15, 0.2) is 72.8 Å². The molecule has 2 N–H and O–H groups in total. The van der Waals surface area contributed by atoms with Gasteiger partial charge in [-0.3, -0.25) is 9.59 Å². The predicted molar refractivity (Wildman–Crippen MR) is 111 cm³/mol. The van der Waals surface area contributed by atoms with Gasteiger partial charge in [0, 0.05) is 16.8 Å². The second-order valence-corrected chi connectivity index (χ2v) is 6.23. The summed E-state index contributed by atoms with van der Waals surface area (Å²) in [7, 11) is 0. The molecule has 0 saturated carbocycles. The summed E-state index contributed by atoms with van der Waals surface area (Å²) in [6.07, 6.45) is 0. The van der Waals surface area contributed by atoms with Crippen LogP contribution < -0.4 is 15.4 Å². The molecule has 0 radical (unpaired) electrons. The van der Waals surface area contributed by atoms with E-state index in [0.29, 0.717) is 34.9 Å². The van der Waals surface area contributed by atoms with E-state index in [1.807, 2.05) is 44.2 Å². The lowest BCUT2D eigenvalue weighted by Crippen LogP contribution is -2.15. The molecule has 142 valence electrons. The van der Waals surface area contributed by atoms with E-state index in [2.05, 4.69) is 10.6 Å². The van der Waals surface area contributed by atoms with Crippen LogP contribution in [0.25, 0.3) is 0 Å². The Morgan fingerprint density at radius 1 is 0.857 bits per heavy atom. The summed E-state index contributed by atoms with van der Waals surface area (Å²) >= 11 is 0. The zero-order valence-corrected chi connectivity index (χ0v) is 15.9. The first-order chi connectivity index (χ1) is 13.6. The number of rotatable bonds is 6. The van der Waals surface area contributed by atoms with Crippen molar-refractivity contribution in [3.8, 4) is 5.75 Å². The van der Waals surface area contributed by atoms with Gasteiger partial charge in [-0.25, -0.2) is 0 Å². The van der Waals surface area contributed by atoms with Gasteiger partial charge in [-0.2, -0.15) is 0 Å². The van der Waals surface area contributed by atoms with Gasteiger partial charge in [0.15, 0.2) is 0 Å². The molecule has 0 aliphatic carbocycles. The molecule has 0 aromatic heterocycles. The molecule has 3 rings (SSSR count). The van der Waals surface area contributed by atoms with Crippen molar-refractivity contribution >= 4 is 23.2 Å². The van der Waals surface area contributed by atoms with Gasteiger partial charge in [0.25, 0.3) is 11.8 Å². The van der Waals surface area contributed by atoms with Crippen molar-refractivity contribution in [1.29, 1.82) is 0 Å². The molecule has 0 heterocycles. The second kappa shape index (κ2) is 8.86. The molecular weight excluding hydrogens is 352 g/mol. The molecule has 0 spiro atoms. The first kappa shape index (κ1) is 19.2. The zero-order valence-electron chi connectivity index (χ0n) is 15.9. The Morgan fingerprint density at radius 3 is 2.39 bits per heavy atom. The van der Waals surface area contributed by atoms with Crippen LogP contribution in [-0.2, 0) is 0 Å². The summed E-state index contributed by atoms with van der Waals surface area (Å²) < 4.78 is 5.54. The minimum atomic E-state index is -0.279. The molecule has 5 nitrogen and oxygen atoms in total. The average molecular weight is 374 g/mol. The molecule has 2 amide bonds. The molecule has 0 atom stereocenters. The van der Waals surface area contributed by atoms with Gasteiger partial charge in [0.2, 0.25) is 0 Å². The van der Waals surface area contributed by atoms with Gasteiger partial charge in [0.05, 0.1) is 12.3 Å². The first-order valence-corrected chi connectivity index (χ1v) is 9.08. The second-order valence-electron chi connectivity index (χ2n) is 6.23. The number of anilines is 2. The highest BCUT2D eigenvalue weighted by atomic mass is 16.5. The highest BCUT2D eigenvalue weighted by Crippen LogP contribution is 2.24. The number of nitrogens with one attached hydrogen (secondary N) is 2. The Balaban J connectivity index is 1.75. The van der Waals surface area contributed by atoms with Crippen LogP contribution in [0.2, 0.25) is 0 Å². The summed E-state index contributed by atoms with van der Waals surface area (Å²) in [5.41, 5.74) is 3.08. The third-order valence-corrected chi connectivity index (χ3v) is 4.21. The van der Waals surface area contributed by atoms with Crippen LogP contribution in [0.4, 0.5) is 11.4 Å². The maximum absolute atomic E-state index is 12.7. The molecule has 0 saturated heterocycles. The highest BCUT2D eigenvalue weighted by molar-refractivity contribution is 6.08. The molecule has 0 bridgehead atoms. The van der Waals surface area contributed by atoms with Crippen LogP contribution in [0.1, 0.15) is 33.2 Å². The molecule has 0 aliphatic heterocycles. The summed E-state index contributed by atoms with van der Waals surface area (Å²) in [5, 5.41) is 5.70. The summed E-state index contributed by atoms with van der Waals surface area (Å²) in [6, 6.07) is 21.5. The predicted octanol–water partition coefficient (Wildman–Crippen LogP) is 4.90. The Morgan fingerprint density at radius 2 is 1.61 bits per heavy atom. The fraction of sp³-hybridized carbons (Fsp3) is 0.130. The summed E-state index contributed by atoms with van der Waals surface area (Å²) in [6.45, 7) is 4.28. The van der Waals surface area contributed by atoms with Crippen LogP contribution in [-0.4, -0.2) is 18.4 Å². The van der Waals surface area contributed by atoms with Crippen LogP contribution in [0, 0.1) is 6.92 Å². The van der Waals surface area contributed by atoms with Crippen LogP contribution >= 0.6 is 0 Å². The van der Waals surface area contributed by atoms with E-state index >= 15 is 0 Å². The number of benzene rings is 3. The van der Waals surface area contributed by atoms with Gasteiger partial charge < -0.3 is 15.4 Å². The first-order valence-electron chi connectivity index (χ1n) is 9.08. The normalized spacial score (nSPS) is 10.2. The number of hydrogen-bond acceptors (Lipinski definition) is 3. The fourth-order valence-corrected chi connectivity index (χ4v) is 2.81. The van der Waals surface area contributed by atoms with Crippen molar-refractivity contribution in [2.75, 3.05) is 17.2 Å². The molecule has 0 unspecified atom stereocenters. The molecule has 3 aromatic rings. The average Bonchev–Trinajstić information content (AvgIpc) is 2.70. The molecular formula is C23H22N2O3. The lowest BCUT2D eigenvalue weighted by atomic mass is 10.1. The largest absolute Gasteiger partial charge is 0.492 e. The van der Waals surface area contributed by atoms with E-state index in [1.54, 1.807) is 42.5 Å². The molecule has 0 fully saturated rings. The van der Waals surface area contributed by atoms with Crippen molar-refractivity contribution in [3.63, 3.8) is 0 Å². The van der Waals surface area contributed by atoms with Crippen LogP contribution in [0.3, 0.4) is 0 Å². The number of carbonyl (C=O) groups excluding carboxylic acids is 2. The van der Waals surface area contributed by atoms with E-state index in [-0.39, 0.29) is 11.8 Å². The Labute approximate surface area is 164 Å². The van der Waals surface area contributed by atoms with E-state index in [9.17, 15) is 9.59 Å². The molecule has 3 aromatic carbocycles. The van der Waals surface area contributed by atoms with Crippen molar-refractivity contribution < 1.29 is 14.3 Å². The number of amides is 2. The van der Waals surface area contributed by atoms with E-state index in [0.717, 1.165) is 5.56 Å². The van der Waals surface area contributed by atoms with Gasteiger partial charge in [-0.05, 0) is 55.8 Å². The number of hydrogen-bond donors (Lipinski definition) is 2. The van der Waals surface area contributed by atoms with Gasteiger partial charge >= 0.3 is 0 Å². The van der Waals surface area contributed by atoms with Crippen molar-refractivity contribution in [2.45, 2.75) is 13.8 Å². The van der Waals surface area contributed by atoms with Crippen molar-refractivity contribution in [1.82, 2.24) is 0 Å². The quantitative estimate of drug-likeness (QED) is 0.645. The molecule has 28 heavy (non-hydrogen) atoms. The zero-order chi connectivity index (χ0) is 19.9. The Bertz CT molecular complexity index is 998. The van der Waals surface area contributed by atoms with Crippen molar-refractivity contribution in [2.24, 2.45) is 0 Å².